The monoisotopic (exact) mass is 216 g/mol. The van der Waals surface area contributed by atoms with Crippen molar-refractivity contribution in [3.8, 4) is 0 Å². The highest BCUT2D eigenvalue weighted by Gasteiger charge is 2.59. The Balaban J connectivity index is 3.17. The fourth-order valence-corrected chi connectivity index (χ4v) is 5.88. The van der Waals surface area contributed by atoms with E-state index in [4.69, 9.17) is 20.0 Å². The summed E-state index contributed by atoms with van der Waals surface area (Å²) in [5.41, 5.74) is -2.89. The molecular weight excluding hydrogens is 206 g/mol. The maximum absolute atomic E-state index is 11.1. The van der Waals surface area contributed by atoms with Crippen LogP contribution in [0.25, 0.3) is 0 Å². The third-order valence-electron chi connectivity index (χ3n) is 1.85. The molecule has 0 aromatic heterocycles. The normalized spacial score (nSPS) is 47.3. The Hall–Kier alpha value is 0.300. The van der Waals surface area contributed by atoms with Gasteiger partial charge in [-0.25, -0.2) is 0 Å². The fourth-order valence-electron chi connectivity index (χ4n) is 1.05. The predicted molar refractivity (Wildman–Crippen MR) is 40.9 cm³/mol. The smallest absolute Gasteiger partial charge is 0.338 e. The molecule has 0 saturated carbocycles. The molecule has 1 saturated heterocycles. The largest absolute Gasteiger partial charge is 0.358 e. The Labute approximate surface area is 68.7 Å². The Kier molecular flexibility index (Phi) is 2.29. The molecule has 6 nitrogen and oxygen atoms in total. The van der Waals surface area contributed by atoms with E-state index in [1.54, 1.807) is 0 Å². The van der Waals surface area contributed by atoms with Gasteiger partial charge in [0.25, 0.3) is 12.6 Å². The molecule has 2 atom stereocenters. The first kappa shape index (κ1) is 10.4. The summed E-state index contributed by atoms with van der Waals surface area (Å²) < 4.78 is 22.1. The molecule has 12 heavy (non-hydrogen) atoms. The minimum atomic E-state index is -4.77. The van der Waals surface area contributed by atoms with Gasteiger partial charge in [0.2, 0.25) is 0 Å². The molecule has 4 N–H and O–H groups in total. The van der Waals surface area contributed by atoms with Crippen LogP contribution < -0.4 is 0 Å². The first-order valence-electron chi connectivity index (χ1n) is 3.31. The zero-order valence-corrected chi connectivity index (χ0v) is 7.91. The minimum absolute atomic E-state index is 0.0608. The molecule has 1 aliphatic heterocycles. The standard InChI is InChI=1S/C4H10O6P2/c5-4(6)2-1-3-11(7,8)12(4,9)10/h5-6H,1-3H2,(H,7,8)(H,9,10). The molecule has 1 rings (SSSR count). The van der Waals surface area contributed by atoms with Crippen molar-refractivity contribution in [2.24, 2.45) is 0 Å². The number of hydrogen-bond donors (Lipinski definition) is 4. The lowest BCUT2D eigenvalue weighted by Gasteiger charge is -2.33. The first-order chi connectivity index (χ1) is 5.21. The van der Waals surface area contributed by atoms with Crippen molar-refractivity contribution in [2.45, 2.75) is 18.4 Å². The van der Waals surface area contributed by atoms with E-state index in [9.17, 15) is 9.13 Å². The van der Waals surface area contributed by atoms with Gasteiger partial charge < -0.3 is 20.0 Å². The molecule has 0 aliphatic carbocycles. The van der Waals surface area contributed by atoms with Gasteiger partial charge in [0.15, 0.2) is 0 Å². The lowest BCUT2D eigenvalue weighted by atomic mass is 10.3. The highest BCUT2D eigenvalue weighted by atomic mass is 32.1. The second-order valence-electron chi connectivity index (χ2n) is 2.81. The Morgan fingerprint density at radius 3 is 2.00 bits per heavy atom. The van der Waals surface area contributed by atoms with Crippen LogP contribution >= 0.6 is 14.1 Å². The van der Waals surface area contributed by atoms with E-state index >= 15 is 0 Å². The highest BCUT2D eigenvalue weighted by Crippen LogP contribution is 2.84. The highest BCUT2D eigenvalue weighted by molar-refractivity contribution is 8.31. The van der Waals surface area contributed by atoms with E-state index in [-0.39, 0.29) is 19.0 Å². The summed E-state index contributed by atoms with van der Waals surface area (Å²) in [6.45, 7) is 0. The molecule has 1 heterocycles. The molecule has 0 radical (unpaired) electrons. The molecule has 8 heteroatoms. The van der Waals surface area contributed by atoms with Crippen LogP contribution in [-0.4, -0.2) is 31.7 Å². The van der Waals surface area contributed by atoms with Crippen molar-refractivity contribution in [3.63, 3.8) is 0 Å². The van der Waals surface area contributed by atoms with Crippen molar-refractivity contribution >= 4 is 14.1 Å². The van der Waals surface area contributed by atoms with Crippen LogP contribution in [0.15, 0.2) is 0 Å². The van der Waals surface area contributed by atoms with Gasteiger partial charge in [-0.1, -0.05) is 0 Å². The molecular formula is C4H10O6P2. The summed E-state index contributed by atoms with van der Waals surface area (Å²) in [5, 5.41) is 17.9. The van der Waals surface area contributed by atoms with Crippen LogP contribution in [0, 0.1) is 0 Å². The Morgan fingerprint density at radius 2 is 1.67 bits per heavy atom. The lowest BCUT2D eigenvalue weighted by molar-refractivity contribution is -0.0989. The molecule has 0 aromatic rings. The predicted octanol–water partition coefficient (Wildman–Crippen LogP) is -0.126. The summed E-state index contributed by atoms with van der Waals surface area (Å²) >= 11 is 0. The number of hydrogen-bond acceptors (Lipinski definition) is 4. The van der Waals surface area contributed by atoms with Gasteiger partial charge in [0, 0.05) is 12.6 Å². The Morgan fingerprint density at radius 1 is 1.17 bits per heavy atom. The van der Waals surface area contributed by atoms with E-state index in [1.807, 2.05) is 0 Å². The summed E-state index contributed by atoms with van der Waals surface area (Å²) in [5.74, 6) is 0. The third-order valence-corrected chi connectivity index (χ3v) is 8.86. The minimum Gasteiger partial charge on any atom is -0.358 e. The van der Waals surface area contributed by atoms with E-state index < -0.39 is 19.6 Å². The summed E-state index contributed by atoms with van der Waals surface area (Å²) in [6, 6.07) is 0. The van der Waals surface area contributed by atoms with Gasteiger partial charge >= 0.3 is 7.06 Å². The van der Waals surface area contributed by atoms with E-state index in [0.717, 1.165) is 0 Å². The van der Waals surface area contributed by atoms with Crippen molar-refractivity contribution in [1.82, 2.24) is 0 Å². The Bertz CT molecular complexity index is 283. The zero-order valence-electron chi connectivity index (χ0n) is 6.12. The quantitative estimate of drug-likeness (QED) is 0.331. The molecule has 72 valence electrons. The van der Waals surface area contributed by atoms with Crippen LogP contribution in [0.3, 0.4) is 0 Å². The zero-order chi connectivity index (χ0) is 9.62. The molecule has 0 aromatic carbocycles. The molecule has 1 fully saturated rings. The second kappa shape index (κ2) is 2.64. The third kappa shape index (κ3) is 1.29. The average Bonchev–Trinajstić information content (AvgIpc) is 1.83. The van der Waals surface area contributed by atoms with Crippen molar-refractivity contribution < 1.29 is 29.1 Å². The van der Waals surface area contributed by atoms with Gasteiger partial charge in [-0.2, -0.15) is 0 Å². The van der Waals surface area contributed by atoms with Gasteiger partial charge in [-0.15, -0.1) is 0 Å². The first-order valence-corrected chi connectivity index (χ1v) is 7.52. The van der Waals surface area contributed by atoms with Crippen molar-refractivity contribution in [3.05, 3.63) is 0 Å². The van der Waals surface area contributed by atoms with Crippen molar-refractivity contribution in [2.75, 3.05) is 6.16 Å². The van der Waals surface area contributed by atoms with Crippen LogP contribution in [0.4, 0.5) is 0 Å². The topological polar surface area (TPSA) is 115 Å². The van der Waals surface area contributed by atoms with Gasteiger partial charge in [-0.3, -0.25) is 9.13 Å². The maximum atomic E-state index is 11.1. The molecule has 2 unspecified atom stereocenters. The van der Waals surface area contributed by atoms with Crippen LogP contribution in [0.1, 0.15) is 12.8 Å². The summed E-state index contributed by atoms with van der Waals surface area (Å²) in [6.07, 6.45) is -0.611. The van der Waals surface area contributed by atoms with E-state index in [0.29, 0.717) is 0 Å². The molecule has 1 aliphatic rings. The SMILES string of the molecule is O=P1(O)CCCC(O)(O)P1(=O)O. The lowest BCUT2D eigenvalue weighted by Crippen LogP contribution is -2.31. The van der Waals surface area contributed by atoms with Crippen molar-refractivity contribution in [1.29, 1.82) is 0 Å². The van der Waals surface area contributed by atoms with Gasteiger partial charge in [0.05, 0.1) is 0 Å². The van der Waals surface area contributed by atoms with Crippen LogP contribution in [0.2, 0.25) is 0 Å². The fraction of sp³-hybridized carbons (Fsp3) is 1.00. The maximum Gasteiger partial charge on any atom is 0.338 e. The van der Waals surface area contributed by atoms with E-state index in [1.165, 1.54) is 0 Å². The number of aliphatic hydroxyl groups is 2. The molecule has 0 amide bonds. The van der Waals surface area contributed by atoms with Crippen LogP contribution in [0.5, 0.6) is 0 Å². The van der Waals surface area contributed by atoms with Gasteiger partial charge in [-0.05, 0) is 6.42 Å². The summed E-state index contributed by atoms with van der Waals surface area (Å²) in [7, 11) is -9.07. The molecule has 0 bridgehead atoms. The molecule has 0 spiro atoms. The van der Waals surface area contributed by atoms with E-state index in [2.05, 4.69) is 0 Å². The van der Waals surface area contributed by atoms with Gasteiger partial charge in [0.1, 0.15) is 0 Å². The van der Waals surface area contributed by atoms with Crippen LogP contribution in [-0.2, 0) is 9.13 Å². The number of rotatable bonds is 0. The second-order valence-corrected chi connectivity index (χ2v) is 9.89. The average molecular weight is 216 g/mol. The summed E-state index contributed by atoms with van der Waals surface area (Å²) in [4.78, 5) is 17.9.